The van der Waals surface area contributed by atoms with Crippen LogP contribution in [0.5, 0.6) is 5.75 Å². The highest BCUT2D eigenvalue weighted by molar-refractivity contribution is 6.32. The standard InChI is InChI=1S/C19H19ClN2O5/c1-11-3-8-15(20)16(9-11)26-10-17(23)27-12(2)19(25)22-14-6-4-13(5-7-14)18(21)24/h3-9,12H,10H2,1-2H3,(H2,21,24)(H,22,25)/t12-/m0/s1. The lowest BCUT2D eigenvalue weighted by atomic mass is 10.2. The number of rotatable bonds is 7. The smallest absolute Gasteiger partial charge is 0.344 e. The average molecular weight is 391 g/mol. The molecule has 0 fully saturated rings. The molecule has 2 aromatic carbocycles. The van der Waals surface area contributed by atoms with Crippen LogP contribution in [0.2, 0.25) is 5.02 Å². The van der Waals surface area contributed by atoms with Gasteiger partial charge in [0.2, 0.25) is 5.91 Å². The average Bonchev–Trinajstić information content (AvgIpc) is 2.62. The van der Waals surface area contributed by atoms with E-state index in [-0.39, 0.29) is 6.61 Å². The molecule has 0 heterocycles. The summed E-state index contributed by atoms with van der Waals surface area (Å²) < 4.78 is 10.4. The predicted molar refractivity (Wildman–Crippen MR) is 101 cm³/mol. The topological polar surface area (TPSA) is 108 Å². The number of nitrogens with one attached hydrogen (secondary N) is 1. The van der Waals surface area contributed by atoms with E-state index in [1.807, 2.05) is 13.0 Å². The van der Waals surface area contributed by atoms with Crippen molar-refractivity contribution >= 4 is 35.1 Å². The van der Waals surface area contributed by atoms with Gasteiger partial charge in [0.1, 0.15) is 5.75 Å². The molecule has 0 aliphatic heterocycles. The maximum absolute atomic E-state index is 12.1. The van der Waals surface area contributed by atoms with Crippen LogP contribution in [0.1, 0.15) is 22.8 Å². The van der Waals surface area contributed by atoms with Crippen molar-refractivity contribution in [2.45, 2.75) is 20.0 Å². The van der Waals surface area contributed by atoms with Crippen LogP contribution in [0.3, 0.4) is 0 Å². The fourth-order valence-electron chi connectivity index (χ4n) is 2.10. The first-order valence-corrected chi connectivity index (χ1v) is 8.43. The summed E-state index contributed by atoms with van der Waals surface area (Å²) in [6.07, 6.45) is -1.04. The van der Waals surface area contributed by atoms with Crippen molar-refractivity contribution in [1.29, 1.82) is 0 Å². The van der Waals surface area contributed by atoms with E-state index >= 15 is 0 Å². The van der Waals surface area contributed by atoms with Crippen molar-refractivity contribution in [3.05, 3.63) is 58.6 Å². The number of carbonyl (C=O) groups is 3. The number of ether oxygens (including phenoxy) is 2. The van der Waals surface area contributed by atoms with Crippen LogP contribution in [0, 0.1) is 6.92 Å². The van der Waals surface area contributed by atoms with Gasteiger partial charge in [-0.1, -0.05) is 17.7 Å². The van der Waals surface area contributed by atoms with Gasteiger partial charge in [0, 0.05) is 11.3 Å². The molecule has 0 radical (unpaired) electrons. The highest BCUT2D eigenvalue weighted by Crippen LogP contribution is 2.25. The number of anilines is 1. The third kappa shape index (κ3) is 6.00. The molecule has 3 N–H and O–H groups in total. The number of amides is 2. The first-order chi connectivity index (χ1) is 12.8. The first kappa shape index (κ1) is 20.3. The molecular formula is C19H19ClN2O5. The summed E-state index contributed by atoms with van der Waals surface area (Å²) in [5, 5.41) is 2.95. The maximum atomic E-state index is 12.1. The summed E-state index contributed by atoms with van der Waals surface area (Å²) >= 11 is 5.99. The Hall–Kier alpha value is -3.06. The lowest BCUT2D eigenvalue weighted by Gasteiger charge is -2.14. The molecule has 0 spiro atoms. The molecule has 142 valence electrons. The van der Waals surface area contributed by atoms with E-state index in [4.69, 9.17) is 26.8 Å². The van der Waals surface area contributed by atoms with Gasteiger partial charge in [-0.3, -0.25) is 9.59 Å². The van der Waals surface area contributed by atoms with Crippen molar-refractivity contribution in [3.8, 4) is 5.75 Å². The third-order valence-corrected chi connectivity index (χ3v) is 3.86. The molecule has 2 aromatic rings. The van der Waals surface area contributed by atoms with E-state index in [2.05, 4.69) is 5.32 Å². The Kier molecular flexibility index (Phi) is 6.79. The molecule has 2 rings (SSSR count). The predicted octanol–water partition coefficient (Wildman–Crippen LogP) is 2.70. The second kappa shape index (κ2) is 9.05. The van der Waals surface area contributed by atoms with Crippen molar-refractivity contribution in [2.24, 2.45) is 5.73 Å². The summed E-state index contributed by atoms with van der Waals surface area (Å²) in [5.74, 6) is -1.44. The summed E-state index contributed by atoms with van der Waals surface area (Å²) in [6.45, 7) is 2.92. The molecule has 2 amide bonds. The zero-order valence-corrected chi connectivity index (χ0v) is 15.6. The van der Waals surface area contributed by atoms with E-state index in [9.17, 15) is 14.4 Å². The van der Waals surface area contributed by atoms with Crippen molar-refractivity contribution in [2.75, 3.05) is 11.9 Å². The summed E-state index contributed by atoms with van der Waals surface area (Å²) in [7, 11) is 0. The van der Waals surface area contributed by atoms with Crippen LogP contribution in [-0.2, 0) is 14.3 Å². The van der Waals surface area contributed by atoms with E-state index < -0.39 is 23.9 Å². The minimum atomic E-state index is -1.04. The second-order valence-electron chi connectivity index (χ2n) is 5.79. The normalized spacial score (nSPS) is 11.4. The number of nitrogens with two attached hydrogens (primary N) is 1. The number of hydrogen-bond acceptors (Lipinski definition) is 5. The Labute approximate surface area is 161 Å². The van der Waals surface area contributed by atoms with Gasteiger partial charge < -0.3 is 20.5 Å². The van der Waals surface area contributed by atoms with E-state index in [1.165, 1.54) is 31.2 Å². The fourth-order valence-corrected chi connectivity index (χ4v) is 2.28. The fraction of sp³-hybridized carbons (Fsp3) is 0.211. The molecule has 0 aromatic heterocycles. The molecule has 27 heavy (non-hydrogen) atoms. The summed E-state index contributed by atoms with van der Waals surface area (Å²) in [5.41, 5.74) is 6.84. The van der Waals surface area contributed by atoms with E-state index in [0.717, 1.165) is 5.56 Å². The number of aryl methyl sites for hydroxylation is 1. The molecule has 1 atom stereocenters. The molecule has 8 heteroatoms. The quantitative estimate of drug-likeness (QED) is 0.706. The second-order valence-corrected chi connectivity index (χ2v) is 6.19. The number of hydrogen-bond donors (Lipinski definition) is 2. The van der Waals surface area contributed by atoms with E-state index in [0.29, 0.717) is 22.0 Å². The Morgan fingerprint density at radius 1 is 1.15 bits per heavy atom. The Balaban J connectivity index is 1.85. The number of esters is 1. The highest BCUT2D eigenvalue weighted by Gasteiger charge is 2.18. The third-order valence-electron chi connectivity index (χ3n) is 3.55. The molecule has 0 aliphatic rings. The minimum Gasteiger partial charge on any atom is -0.480 e. The Bertz CT molecular complexity index is 852. The van der Waals surface area contributed by atoms with Crippen molar-refractivity contribution in [1.82, 2.24) is 0 Å². The highest BCUT2D eigenvalue weighted by atomic mass is 35.5. The lowest BCUT2D eigenvalue weighted by molar-refractivity contribution is -0.155. The van der Waals surface area contributed by atoms with Crippen molar-refractivity contribution in [3.63, 3.8) is 0 Å². The number of carbonyl (C=O) groups excluding carboxylic acids is 3. The van der Waals surface area contributed by atoms with Gasteiger partial charge in [0.05, 0.1) is 5.02 Å². The molecule has 0 saturated heterocycles. The zero-order chi connectivity index (χ0) is 20.0. The van der Waals surface area contributed by atoms with Crippen LogP contribution in [-0.4, -0.2) is 30.5 Å². The van der Waals surface area contributed by atoms with Crippen LogP contribution in [0.25, 0.3) is 0 Å². The minimum absolute atomic E-state index is 0.319. The Morgan fingerprint density at radius 2 is 1.81 bits per heavy atom. The SMILES string of the molecule is Cc1ccc(Cl)c(OCC(=O)O[C@@H](C)C(=O)Nc2ccc(C(N)=O)cc2)c1. The molecule has 0 bridgehead atoms. The van der Waals surface area contributed by atoms with Crippen molar-refractivity contribution < 1.29 is 23.9 Å². The zero-order valence-electron chi connectivity index (χ0n) is 14.8. The largest absolute Gasteiger partial charge is 0.480 e. The number of primary amides is 1. The molecular weight excluding hydrogens is 372 g/mol. The molecule has 0 saturated carbocycles. The molecule has 0 aliphatic carbocycles. The van der Waals surface area contributed by atoms with Gasteiger partial charge in [-0.05, 0) is 55.8 Å². The van der Waals surface area contributed by atoms with Gasteiger partial charge in [0.25, 0.3) is 5.91 Å². The van der Waals surface area contributed by atoms with Crippen LogP contribution < -0.4 is 15.8 Å². The number of halogens is 1. The monoisotopic (exact) mass is 390 g/mol. The van der Waals surface area contributed by atoms with Gasteiger partial charge in [-0.2, -0.15) is 0 Å². The van der Waals surface area contributed by atoms with Gasteiger partial charge in [-0.15, -0.1) is 0 Å². The maximum Gasteiger partial charge on any atom is 0.344 e. The van der Waals surface area contributed by atoms with Gasteiger partial charge in [0.15, 0.2) is 12.7 Å². The summed E-state index contributed by atoms with van der Waals surface area (Å²) in [4.78, 5) is 35.0. The van der Waals surface area contributed by atoms with Crippen LogP contribution >= 0.6 is 11.6 Å². The van der Waals surface area contributed by atoms with Gasteiger partial charge >= 0.3 is 5.97 Å². The van der Waals surface area contributed by atoms with Crippen LogP contribution in [0.4, 0.5) is 5.69 Å². The molecule has 7 nitrogen and oxygen atoms in total. The van der Waals surface area contributed by atoms with E-state index in [1.54, 1.807) is 12.1 Å². The first-order valence-electron chi connectivity index (χ1n) is 8.05. The Morgan fingerprint density at radius 3 is 2.44 bits per heavy atom. The lowest BCUT2D eigenvalue weighted by Crippen LogP contribution is -2.31. The summed E-state index contributed by atoms with van der Waals surface area (Å²) in [6, 6.07) is 11.2. The van der Waals surface area contributed by atoms with Gasteiger partial charge in [-0.25, -0.2) is 4.79 Å². The van der Waals surface area contributed by atoms with Crippen LogP contribution in [0.15, 0.2) is 42.5 Å². The molecule has 0 unspecified atom stereocenters. The number of benzene rings is 2.